The standard InChI is InChI=1S/C8H12N6O/c1-5(9)7-3-14(13-11-7)4-8-10-6(2)15-12-8/h3,5H,4,9H2,1-2H3. The molecule has 0 amide bonds. The summed E-state index contributed by atoms with van der Waals surface area (Å²) in [4.78, 5) is 4.06. The summed E-state index contributed by atoms with van der Waals surface area (Å²) in [6.45, 7) is 4.04. The lowest BCUT2D eigenvalue weighted by atomic mass is 10.3. The Labute approximate surface area is 86.3 Å². The minimum atomic E-state index is -0.120. The average molecular weight is 208 g/mol. The fourth-order valence-electron chi connectivity index (χ4n) is 1.15. The molecule has 2 N–H and O–H groups in total. The second kappa shape index (κ2) is 3.77. The normalized spacial score (nSPS) is 13.0. The molecule has 15 heavy (non-hydrogen) atoms. The van der Waals surface area contributed by atoms with E-state index in [2.05, 4.69) is 20.5 Å². The minimum Gasteiger partial charge on any atom is -0.340 e. The van der Waals surface area contributed by atoms with Gasteiger partial charge >= 0.3 is 0 Å². The molecule has 1 unspecified atom stereocenters. The Bertz CT molecular complexity index is 445. The topological polar surface area (TPSA) is 95.7 Å². The SMILES string of the molecule is Cc1nc(Cn2cc(C(C)N)nn2)no1. The van der Waals surface area contributed by atoms with Crippen molar-refractivity contribution in [3.63, 3.8) is 0 Å². The van der Waals surface area contributed by atoms with Gasteiger partial charge < -0.3 is 10.3 Å². The molecule has 7 heteroatoms. The van der Waals surface area contributed by atoms with E-state index < -0.39 is 0 Å². The first kappa shape index (κ1) is 9.78. The first-order valence-corrected chi connectivity index (χ1v) is 4.60. The molecular formula is C8H12N6O. The maximum absolute atomic E-state index is 5.66. The predicted octanol–water partition coefficient (Wildman–Crippen LogP) is 0.0375. The molecule has 2 heterocycles. The highest BCUT2D eigenvalue weighted by molar-refractivity contribution is 4.98. The van der Waals surface area contributed by atoms with Crippen LogP contribution in [0.3, 0.4) is 0 Å². The molecule has 7 nitrogen and oxygen atoms in total. The fourth-order valence-corrected chi connectivity index (χ4v) is 1.15. The molecule has 0 aliphatic heterocycles. The van der Waals surface area contributed by atoms with E-state index in [0.29, 0.717) is 18.3 Å². The second-order valence-corrected chi connectivity index (χ2v) is 3.36. The zero-order chi connectivity index (χ0) is 10.8. The smallest absolute Gasteiger partial charge is 0.223 e. The van der Waals surface area contributed by atoms with Crippen molar-refractivity contribution in [3.05, 3.63) is 23.6 Å². The number of aryl methyl sites for hydroxylation is 1. The Balaban J connectivity index is 2.11. The minimum absolute atomic E-state index is 0.120. The third-order valence-electron chi connectivity index (χ3n) is 1.90. The van der Waals surface area contributed by atoms with E-state index in [9.17, 15) is 0 Å². The van der Waals surface area contributed by atoms with Crippen LogP contribution in [-0.4, -0.2) is 25.1 Å². The molecular weight excluding hydrogens is 196 g/mol. The van der Waals surface area contributed by atoms with Crippen LogP contribution in [0, 0.1) is 6.92 Å². The molecule has 0 aromatic carbocycles. The predicted molar refractivity (Wildman–Crippen MR) is 50.8 cm³/mol. The number of nitrogens with zero attached hydrogens (tertiary/aromatic N) is 5. The van der Waals surface area contributed by atoms with E-state index in [1.165, 1.54) is 0 Å². The van der Waals surface area contributed by atoms with Crippen LogP contribution in [0.5, 0.6) is 0 Å². The van der Waals surface area contributed by atoms with Crippen molar-refractivity contribution in [2.75, 3.05) is 0 Å². The zero-order valence-corrected chi connectivity index (χ0v) is 8.58. The third-order valence-corrected chi connectivity index (χ3v) is 1.90. The summed E-state index contributed by atoms with van der Waals surface area (Å²) in [6, 6.07) is -0.120. The summed E-state index contributed by atoms with van der Waals surface area (Å²) in [6.07, 6.45) is 1.77. The van der Waals surface area contributed by atoms with Crippen LogP contribution in [0.15, 0.2) is 10.7 Å². The number of hydrogen-bond acceptors (Lipinski definition) is 6. The zero-order valence-electron chi connectivity index (χ0n) is 8.58. The molecule has 2 rings (SSSR count). The van der Waals surface area contributed by atoms with Gasteiger partial charge in [0.25, 0.3) is 0 Å². The third kappa shape index (κ3) is 2.18. The molecule has 0 saturated heterocycles. The van der Waals surface area contributed by atoms with Gasteiger partial charge in [-0.05, 0) is 6.92 Å². The van der Waals surface area contributed by atoms with Crippen molar-refractivity contribution < 1.29 is 4.52 Å². The van der Waals surface area contributed by atoms with Gasteiger partial charge in [-0.2, -0.15) is 4.98 Å². The summed E-state index contributed by atoms with van der Waals surface area (Å²) in [5, 5.41) is 11.6. The van der Waals surface area contributed by atoms with Crippen LogP contribution in [-0.2, 0) is 6.54 Å². The van der Waals surface area contributed by atoms with Gasteiger partial charge in [0.1, 0.15) is 6.54 Å². The van der Waals surface area contributed by atoms with Gasteiger partial charge in [-0.25, -0.2) is 4.68 Å². The van der Waals surface area contributed by atoms with Crippen LogP contribution >= 0.6 is 0 Å². The Kier molecular flexibility index (Phi) is 2.46. The quantitative estimate of drug-likeness (QED) is 0.764. The lowest BCUT2D eigenvalue weighted by Crippen LogP contribution is -2.05. The number of hydrogen-bond donors (Lipinski definition) is 1. The van der Waals surface area contributed by atoms with Gasteiger partial charge in [0.15, 0.2) is 5.82 Å². The highest BCUT2D eigenvalue weighted by Gasteiger charge is 2.08. The first-order valence-electron chi connectivity index (χ1n) is 4.60. The van der Waals surface area contributed by atoms with Gasteiger partial charge in [0.2, 0.25) is 5.89 Å². The molecule has 0 bridgehead atoms. The van der Waals surface area contributed by atoms with Gasteiger partial charge in [-0.3, -0.25) is 0 Å². The number of aromatic nitrogens is 5. The van der Waals surface area contributed by atoms with Crippen molar-refractivity contribution in [1.82, 2.24) is 25.1 Å². The highest BCUT2D eigenvalue weighted by atomic mass is 16.5. The van der Waals surface area contributed by atoms with Crippen LogP contribution in [0.1, 0.15) is 30.4 Å². The molecule has 0 radical (unpaired) electrons. The van der Waals surface area contributed by atoms with E-state index in [0.717, 1.165) is 5.69 Å². The monoisotopic (exact) mass is 208 g/mol. The maximum Gasteiger partial charge on any atom is 0.223 e. The Morgan fingerprint density at radius 1 is 1.60 bits per heavy atom. The Morgan fingerprint density at radius 3 is 2.93 bits per heavy atom. The van der Waals surface area contributed by atoms with Gasteiger partial charge in [0.05, 0.1) is 11.9 Å². The van der Waals surface area contributed by atoms with E-state index in [-0.39, 0.29) is 6.04 Å². The summed E-state index contributed by atoms with van der Waals surface area (Å²) in [5.41, 5.74) is 6.40. The molecule has 80 valence electrons. The Morgan fingerprint density at radius 2 is 2.40 bits per heavy atom. The average Bonchev–Trinajstić information content (AvgIpc) is 2.76. The molecule has 2 aromatic rings. The number of nitrogens with two attached hydrogens (primary N) is 1. The van der Waals surface area contributed by atoms with Gasteiger partial charge in [0, 0.05) is 13.0 Å². The van der Waals surface area contributed by atoms with Crippen molar-refractivity contribution >= 4 is 0 Å². The van der Waals surface area contributed by atoms with E-state index in [1.54, 1.807) is 17.8 Å². The fraction of sp³-hybridized carbons (Fsp3) is 0.500. The molecule has 0 aliphatic rings. The summed E-state index contributed by atoms with van der Waals surface area (Å²) in [7, 11) is 0. The Hall–Kier alpha value is -1.76. The first-order chi connectivity index (χ1) is 7.15. The van der Waals surface area contributed by atoms with E-state index in [4.69, 9.17) is 10.3 Å². The molecule has 2 aromatic heterocycles. The molecule has 1 atom stereocenters. The second-order valence-electron chi connectivity index (χ2n) is 3.36. The van der Waals surface area contributed by atoms with Crippen LogP contribution in [0.2, 0.25) is 0 Å². The summed E-state index contributed by atoms with van der Waals surface area (Å²) < 4.78 is 6.47. The molecule has 0 saturated carbocycles. The summed E-state index contributed by atoms with van der Waals surface area (Å²) in [5.74, 6) is 1.12. The van der Waals surface area contributed by atoms with Crippen LogP contribution in [0.4, 0.5) is 0 Å². The van der Waals surface area contributed by atoms with Crippen molar-refractivity contribution in [1.29, 1.82) is 0 Å². The maximum atomic E-state index is 5.66. The van der Waals surface area contributed by atoms with Crippen molar-refractivity contribution in [2.45, 2.75) is 26.4 Å². The summed E-state index contributed by atoms with van der Waals surface area (Å²) >= 11 is 0. The molecule has 0 aliphatic carbocycles. The lowest BCUT2D eigenvalue weighted by molar-refractivity contribution is 0.385. The van der Waals surface area contributed by atoms with E-state index in [1.807, 2.05) is 6.92 Å². The van der Waals surface area contributed by atoms with E-state index >= 15 is 0 Å². The van der Waals surface area contributed by atoms with Crippen LogP contribution < -0.4 is 5.73 Å². The van der Waals surface area contributed by atoms with Crippen LogP contribution in [0.25, 0.3) is 0 Å². The number of rotatable bonds is 3. The van der Waals surface area contributed by atoms with Gasteiger partial charge in [-0.1, -0.05) is 10.4 Å². The lowest BCUT2D eigenvalue weighted by Gasteiger charge is -1.95. The largest absolute Gasteiger partial charge is 0.340 e. The molecule has 0 fully saturated rings. The highest BCUT2D eigenvalue weighted by Crippen LogP contribution is 2.04. The van der Waals surface area contributed by atoms with Gasteiger partial charge in [-0.15, -0.1) is 5.10 Å². The van der Waals surface area contributed by atoms with Crippen molar-refractivity contribution in [2.24, 2.45) is 5.73 Å². The molecule has 0 spiro atoms. The van der Waals surface area contributed by atoms with Crippen molar-refractivity contribution in [3.8, 4) is 0 Å².